The molecular weight excluding hydrogens is 373 g/mol. The third-order valence-corrected chi connectivity index (χ3v) is 4.55. The van der Waals surface area contributed by atoms with Gasteiger partial charge in [-0.25, -0.2) is 4.98 Å². The SMILES string of the molecule is CC(C)C[C@@H](C(=O)NCCNc1ccc(C(F)(F)F)cn1)N1CCCCC1=O. The fraction of sp³-hybridized carbons (Fsp3) is 0.632. The fourth-order valence-corrected chi connectivity index (χ4v) is 3.14. The predicted octanol–water partition coefficient (Wildman–Crippen LogP) is 3.06. The van der Waals surface area contributed by atoms with Crippen LogP contribution in [0.15, 0.2) is 18.3 Å². The van der Waals surface area contributed by atoms with E-state index in [0.717, 1.165) is 25.1 Å². The summed E-state index contributed by atoms with van der Waals surface area (Å²) in [5, 5.41) is 5.68. The number of alkyl halides is 3. The lowest BCUT2D eigenvalue weighted by atomic mass is 9.98. The molecule has 1 aromatic heterocycles. The van der Waals surface area contributed by atoms with Gasteiger partial charge in [-0.15, -0.1) is 0 Å². The van der Waals surface area contributed by atoms with E-state index in [2.05, 4.69) is 15.6 Å². The van der Waals surface area contributed by atoms with Crippen LogP contribution in [0, 0.1) is 5.92 Å². The number of nitrogens with one attached hydrogen (secondary N) is 2. The number of halogens is 3. The molecule has 2 rings (SSSR count). The monoisotopic (exact) mass is 400 g/mol. The standard InChI is InChI=1S/C19H27F3N4O2/c1-13(2)11-15(26-10-4-3-5-17(26)27)18(28)24-9-8-23-16-7-6-14(12-25-16)19(20,21)22/h6-7,12-13,15H,3-5,8-11H2,1-2H3,(H,23,25)(H,24,28)/t15-/m0/s1. The first-order valence-corrected chi connectivity index (χ1v) is 9.52. The Morgan fingerprint density at radius 2 is 2.00 bits per heavy atom. The van der Waals surface area contributed by atoms with Crippen molar-refractivity contribution in [1.29, 1.82) is 0 Å². The van der Waals surface area contributed by atoms with E-state index in [0.29, 0.717) is 31.7 Å². The number of likely N-dealkylation sites (tertiary alicyclic amines) is 1. The molecule has 1 fully saturated rings. The number of amides is 2. The molecule has 2 heterocycles. The fourth-order valence-electron chi connectivity index (χ4n) is 3.14. The Morgan fingerprint density at radius 3 is 2.57 bits per heavy atom. The molecule has 6 nitrogen and oxygen atoms in total. The van der Waals surface area contributed by atoms with E-state index in [1.165, 1.54) is 6.07 Å². The van der Waals surface area contributed by atoms with Gasteiger partial charge in [-0.3, -0.25) is 9.59 Å². The Bertz CT molecular complexity index is 662. The number of anilines is 1. The van der Waals surface area contributed by atoms with Gasteiger partial charge in [0, 0.05) is 32.3 Å². The van der Waals surface area contributed by atoms with Gasteiger partial charge in [-0.05, 0) is 37.3 Å². The molecule has 1 aliphatic heterocycles. The van der Waals surface area contributed by atoms with Crippen molar-refractivity contribution in [3.63, 3.8) is 0 Å². The number of carbonyl (C=O) groups is 2. The minimum Gasteiger partial charge on any atom is -0.368 e. The summed E-state index contributed by atoms with van der Waals surface area (Å²) in [6, 6.07) is 1.71. The summed E-state index contributed by atoms with van der Waals surface area (Å²) in [7, 11) is 0. The van der Waals surface area contributed by atoms with Gasteiger partial charge in [-0.1, -0.05) is 13.8 Å². The van der Waals surface area contributed by atoms with E-state index in [9.17, 15) is 22.8 Å². The highest BCUT2D eigenvalue weighted by Gasteiger charge is 2.32. The van der Waals surface area contributed by atoms with Crippen LogP contribution in [-0.2, 0) is 15.8 Å². The number of hydrogen-bond donors (Lipinski definition) is 2. The summed E-state index contributed by atoms with van der Waals surface area (Å²) in [5.74, 6) is 0.373. The number of pyridine rings is 1. The van der Waals surface area contributed by atoms with Crippen LogP contribution in [0.4, 0.5) is 19.0 Å². The maximum Gasteiger partial charge on any atom is 0.417 e. The third-order valence-electron chi connectivity index (χ3n) is 4.55. The normalized spacial score (nSPS) is 16.2. The minimum absolute atomic E-state index is 0.0131. The second-order valence-electron chi connectivity index (χ2n) is 7.34. The van der Waals surface area contributed by atoms with E-state index in [4.69, 9.17) is 0 Å². The number of nitrogens with zero attached hydrogens (tertiary/aromatic N) is 2. The molecule has 0 bridgehead atoms. The Hall–Kier alpha value is -2.32. The highest BCUT2D eigenvalue weighted by molar-refractivity contribution is 5.88. The predicted molar refractivity (Wildman–Crippen MR) is 99.5 cm³/mol. The molecule has 156 valence electrons. The van der Waals surface area contributed by atoms with E-state index in [1.54, 1.807) is 4.90 Å². The van der Waals surface area contributed by atoms with Crippen molar-refractivity contribution >= 4 is 17.6 Å². The summed E-state index contributed by atoms with van der Waals surface area (Å²) in [5.41, 5.74) is -0.811. The number of hydrogen-bond acceptors (Lipinski definition) is 4. The summed E-state index contributed by atoms with van der Waals surface area (Å²) < 4.78 is 37.6. The maximum atomic E-state index is 12.6. The zero-order valence-corrected chi connectivity index (χ0v) is 16.2. The van der Waals surface area contributed by atoms with Crippen molar-refractivity contribution in [1.82, 2.24) is 15.2 Å². The lowest BCUT2D eigenvalue weighted by Crippen LogP contribution is -2.52. The molecule has 0 spiro atoms. The number of aromatic nitrogens is 1. The molecule has 0 aliphatic carbocycles. The number of piperidine rings is 1. The molecule has 1 atom stereocenters. The summed E-state index contributed by atoms with van der Waals surface area (Å²) in [6.45, 7) is 5.20. The molecule has 0 unspecified atom stereocenters. The van der Waals surface area contributed by atoms with Crippen LogP contribution in [0.25, 0.3) is 0 Å². The van der Waals surface area contributed by atoms with E-state index >= 15 is 0 Å². The maximum absolute atomic E-state index is 12.6. The Balaban J connectivity index is 1.84. The first-order valence-electron chi connectivity index (χ1n) is 9.52. The molecule has 28 heavy (non-hydrogen) atoms. The van der Waals surface area contributed by atoms with Crippen molar-refractivity contribution < 1.29 is 22.8 Å². The summed E-state index contributed by atoms with van der Waals surface area (Å²) >= 11 is 0. The lowest BCUT2D eigenvalue weighted by molar-refractivity contribution is -0.143. The highest BCUT2D eigenvalue weighted by atomic mass is 19.4. The second-order valence-corrected chi connectivity index (χ2v) is 7.34. The molecule has 1 saturated heterocycles. The summed E-state index contributed by atoms with van der Waals surface area (Å²) in [4.78, 5) is 30.2. The molecule has 0 aromatic carbocycles. The smallest absolute Gasteiger partial charge is 0.368 e. The van der Waals surface area contributed by atoms with Gasteiger partial charge >= 0.3 is 6.18 Å². The number of carbonyl (C=O) groups excluding carboxylic acids is 2. The first-order chi connectivity index (χ1) is 13.2. The Morgan fingerprint density at radius 1 is 1.25 bits per heavy atom. The molecule has 1 aromatic rings. The van der Waals surface area contributed by atoms with Crippen molar-refractivity contribution in [2.45, 2.75) is 51.7 Å². The van der Waals surface area contributed by atoms with Crippen LogP contribution < -0.4 is 10.6 Å². The lowest BCUT2D eigenvalue weighted by Gasteiger charge is -2.34. The van der Waals surface area contributed by atoms with Gasteiger partial charge in [0.2, 0.25) is 11.8 Å². The van der Waals surface area contributed by atoms with Crippen LogP contribution in [0.3, 0.4) is 0 Å². The zero-order chi connectivity index (χ0) is 20.7. The van der Waals surface area contributed by atoms with Gasteiger partial charge in [0.05, 0.1) is 5.56 Å². The molecule has 9 heteroatoms. The van der Waals surface area contributed by atoms with Crippen LogP contribution in [0.5, 0.6) is 0 Å². The molecule has 0 radical (unpaired) electrons. The molecular formula is C19H27F3N4O2. The quantitative estimate of drug-likeness (QED) is 0.658. The number of rotatable bonds is 8. The van der Waals surface area contributed by atoms with Crippen LogP contribution >= 0.6 is 0 Å². The van der Waals surface area contributed by atoms with Crippen molar-refractivity contribution in [3.8, 4) is 0 Å². The Kier molecular flexibility index (Phi) is 7.65. The average Bonchev–Trinajstić information content (AvgIpc) is 2.63. The average molecular weight is 400 g/mol. The molecule has 2 amide bonds. The largest absolute Gasteiger partial charge is 0.417 e. The van der Waals surface area contributed by atoms with Crippen LogP contribution in [-0.4, -0.2) is 47.4 Å². The van der Waals surface area contributed by atoms with E-state index in [1.807, 2.05) is 13.8 Å². The highest BCUT2D eigenvalue weighted by Crippen LogP contribution is 2.28. The molecule has 2 N–H and O–H groups in total. The second kappa shape index (κ2) is 9.75. The van der Waals surface area contributed by atoms with Gasteiger partial charge in [0.15, 0.2) is 0 Å². The topological polar surface area (TPSA) is 74.3 Å². The van der Waals surface area contributed by atoms with Crippen LogP contribution in [0.1, 0.15) is 45.1 Å². The molecule has 1 aliphatic rings. The van der Waals surface area contributed by atoms with Crippen molar-refractivity contribution in [3.05, 3.63) is 23.9 Å². The van der Waals surface area contributed by atoms with Gasteiger partial charge in [0.1, 0.15) is 11.9 Å². The molecule has 0 saturated carbocycles. The van der Waals surface area contributed by atoms with E-state index in [-0.39, 0.29) is 24.3 Å². The Labute approximate surface area is 162 Å². The van der Waals surface area contributed by atoms with Crippen molar-refractivity contribution in [2.24, 2.45) is 5.92 Å². The van der Waals surface area contributed by atoms with Gasteiger partial charge in [0.25, 0.3) is 0 Å². The zero-order valence-electron chi connectivity index (χ0n) is 16.2. The van der Waals surface area contributed by atoms with Gasteiger partial charge in [-0.2, -0.15) is 13.2 Å². The van der Waals surface area contributed by atoms with Crippen molar-refractivity contribution in [2.75, 3.05) is 25.0 Å². The van der Waals surface area contributed by atoms with E-state index < -0.39 is 17.8 Å². The van der Waals surface area contributed by atoms with Gasteiger partial charge < -0.3 is 15.5 Å². The minimum atomic E-state index is -4.42. The van der Waals surface area contributed by atoms with Crippen LogP contribution in [0.2, 0.25) is 0 Å². The first kappa shape index (κ1) is 22.0. The third kappa shape index (κ3) is 6.38. The summed E-state index contributed by atoms with van der Waals surface area (Å²) in [6.07, 6.45) is -0.836.